The molecule has 8 nitrogen and oxygen atoms in total. The Morgan fingerprint density at radius 3 is 2.67 bits per heavy atom. The van der Waals surface area contributed by atoms with Crippen molar-refractivity contribution in [3.05, 3.63) is 71.5 Å². The fourth-order valence-electron chi connectivity index (χ4n) is 7.46. The van der Waals surface area contributed by atoms with E-state index < -0.39 is 12.3 Å². The summed E-state index contributed by atoms with van der Waals surface area (Å²) in [6, 6.07) is 15.5. The Bertz CT molecular complexity index is 1730. The number of para-hydroxylation sites is 1. The number of anilines is 1. The summed E-state index contributed by atoms with van der Waals surface area (Å²) in [5.74, 6) is 1.16. The van der Waals surface area contributed by atoms with Gasteiger partial charge in [0, 0.05) is 40.4 Å². The molecule has 4 fully saturated rings. The van der Waals surface area contributed by atoms with Crippen LogP contribution in [0, 0.1) is 11.8 Å². The standard InChI is InChI=1S/C32H28F3N3O5/c33-32(34,35)42-25-7-2-1-4-20(25)28-22(29(43-37-28)16-8-9-16)15-41-30-21-14-17-10-12-24(27(21)30)38(17)26-13-11-18-19(31(39)40)5-3-6-23(18)36-26/h1-7,11,13,16-17,21,24,27,30H,8-10,12,14-15H2,(H,39,40)/t17?,21?,24?,27?,30-/m0/s1. The molecule has 4 heterocycles. The first-order valence-corrected chi connectivity index (χ1v) is 14.6. The number of aromatic nitrogens is 2. The van der Waals surface area contributed by atoms with E-state index in [-0.39, 0.29) is 41.5 Å². The summed E-state index contributed by atoms with van der Waals surface area (Å²) in [6.07, 6.45) is 0.141. The molecule has 222 valence electrons. The lowest BCUT2D eigenvalue weighted by Gasteiger charge is -2.35. The number of fused-ring (bicyclic) bond motifs is 5. The lowest BCUT2D eigenvalue weighted by atomic mass is 10.0. The number of hydrogen-bond acceptors (Lipinski definition) is 7. The van der Waals surface area contributed by atoms with E-state index in [9.17, 15) is 23.1 Å². The van der Waals surface area contributed by atoms with Crippen molar-refractivity contribution < 1.29 is 37.1 Å². The maximum atomic E-state index is 13.1. The van der Waals surface area contributed by atoms with Crippen LogP contribution in [0.3, 0.4) is 0 Å². The molecule has 0 spiro atoms. The minimum Gasteiger partial charge on any atom is -0.478 e. The van der Waals surface area contributed by atoms with Gasteiger partial charge in [-0.25, -0.2) is 9.78 Å². The van der Waals surface area contributed by atoms with Crippen LogP contribution in [-0.2, 0) is 11.3 Å². The van der Waals surface area contributed by atoms with Crippen LogP contribution in [0.25, 0.3) is 22.2 Å². The number of halogens is 3. The Balaban J connectivity index is 1.04. The summed E-state index contributed by atoms with van der Waals surface area (Å²) in [6.45, 7) is 0.201. The van der Waals surface area contributed by atoms with Crippen LogP contribution >= 0.6 is 0 Å². The molecule has 2 saturated heterocycles. The van der Waals surface area contributed by atoms with Gasteiger partial charge in [0.25, 0.3) is 0 Å². The number of carboxylic acid groups (broad SMARTS) is 1. The third-order valence-electron chi connectivity index (χ3n) is 9.46. The number of alkyl halides is 3. The van der Waals surface area contributed by atoms with Crippen molar-refractivity contribution in [2.75, 3.05) is 4.90 Å². The molecule has 2 aliphatic heterocycles. The van der Waals surface area contributed by atoms with Crippen molar-refractivity contribution in [2.45, 2.75) is 69.2 Å². The van der Waals surface area contributed by atoms with Crippen LogP contribution in [0.4, 0.5) is 19.0 Å². The zero-order chi connectivity index (χ0) is 29.5. The van der Waals surface area contributed by atoms with Crippen LogP contribution in [0.15, 0.2) is 59.1 Å². The number of rotatable bonds is 8. The van der Waals surface area contributed by atoms with E-state index in [1.807, 2.05) is 18.2 Å². The molecular weight excluding hydrogens is 563 g/mol. The summed E-state index contributed by atoms with van der Waals surface area (Å²) in [4.78, 5) is 18.9. The predicted molar refractivity (Wildman–Crippen MR) is 149 cm³/mol. The van der Waals surface area contributed by atoms with Crippen LogP contribution in [0.1, 0.15) is 59.7 Å². The maximum Gasteiger partial charge on any atom is 0.573 e. The highest BCUT2D eigenvalue weighted by molar-refractivity contribution is 6.02. The summed E-state index contributed by atoms with van der Waals surface area (Å²) < 4.78 is 56.0. The molecule has 8 rings (SSSR count). The lowest BCUT2D eigenvalue weighted by Crippen LogP contribution is -2.42. The van der Waals surface area contributed by atoms with Crippen molar-refractivity contribution in [2.24, 2.45) is 11.8 Å². The summed E-state index contributed by atoms with van der Waals surface area (Å²) in [5.41, 5.74) is 2.14. The van der Waals surface area contributed by atoms with Gasteiger partial charge in [-0.2, -0.15) is 0 Å². The van der Waals surface area contributed by atoms with E-state index in [0.29, 0.717) is 45.8 Å². The van der Waals surface area contributed by atoms with E-state index in [0.717, 1.165) is 37.9 Å². The quantitative estimate of drug-likeness (QED) is 0.236. The summed E-state index contributed by atoms with van der Waals surface area (Å²) in [7, 11) is 0. The third-order valence-corrected chi connectivity index (χ3v) is 9.46. The lowest BCUT2D eigenvalue weighted by molar-refractivity contribution is -0.274. The first-order valence-electron chi connectivity index (χ1n) is 14.6. The normalized spacial score (nSPS) is 26.0. The zero-order valence-corrected chi connectivity index (χ0v) is 23.0. The smallest absolute Gasteiger partial charge is 0.478 e. The van der Waals surface area contributed by atoms with Gasteiger partial charge in [0.1, 0.15) is 23.0 Å². The van der Waals surface area contributed by atoms with Gasteiger partial charge in [-0.3, -0.25) is 0 Å². The molecule has 1 N–H and O–H groups in total. The van der Waals surface area contributed by atoms with Crippen molar-refractivity contribution in [1.82, 2.24) is 10.1 Å². The Hall–Kier alpha value is -4.12. The van der Waals surface area contributed by atoms with Crippen LogP contribution in [-0.4, -0.2) is 45.8 Å². The highest BCUT2D eigenvalue weighted by Gasteiger charge is 2.63. The fraction of sp³-hybridized carbons (Fsp3) is 0.406. The summed E-state index contributed by atoms with van der Waals surface area (Å²) in [5, 5.41) is 14.4. The molecule has 43 heavy (non-hydrogen) atoms. The second kappa shape index (κ2) is 9.70. The van der Waals surface area contributed by atoms with Gasteiger partial charge >= 0.3 is 12.3 Å². The number of carboxylic acids is 1. The van der Waals surface area contributed by atoms with Gasteiger partial charge in [-0.15, -0.1) is 13.2 Å². The molecule has 0 radical (unpaired) electrons. The second-order valence-electron chi connectivity index (χ2n) is 12.0. The molecule has 4 unspecified atom stereocenters. The van der Waals surface area contributed by atoms with E-state index in [2.05, 4.69) is 14.8 Å². The Morgan fingerprint density at radius 1 is 1.05 bits per heavy atom. The third kappa shape index (κ3) is 4.61. The molecule has 2 saturated carbocycles. The second-order valence-corrected chi connectivity index (χ2v) is 12.0. The molecule has 5 atom stereocenters. The van der Waals surface area contributed by atoms with E-state index in [1.165, 1.54) is 12.1 Å². The van der Waals surface area contributed by atoms with Crippen LogP contribution < -0.4 is 9.64 Å². The Kier molecular flexibility index (Phi) is 5.98. The molecule has 4 aliphatic rings. The van der Waals surface area contributed by atoms with Gasteiger partial charge < -0.3 is 24.0 Å². The molecular formula is C32H28F3N3O5. The average Bonchev–Trinajstić information content (AvgIpc) is 3.87. The Morgan fingerprint density at radius 2 is 1.88 bits per heavy atom. The van der Waals surface area contributed by atoms with Gasteiger partial charge in [0.15, 0.2) is 0 Å². The molecule has 2 aliphatic carbocycles. The van der Waals surface area contributed by atoms with Crippen molar-refractivity contribution in [3.8, 4) is 17.0 Å². The molecule has 4 aromatic rings. The largest absolute Gasteiger partial charge is 0.573 e. The average molecular weight is 592 g/mol. The monoisotopic (exact) mass is 591 g/mol. The van der Waals surface area contributed by atoms with E-state index >= 15 is 0 Å². The summed E-state index contributed by atoms with van der Waals surface area (Å²) >= 11 is 0. The number of piperidine rings is 1. The van der Waals surface area contributed by atoms with Gasteiger partial charge in [0.05, 0.1) is 23.8 Å². The zero-order valence-electron chi connectivity index (χ0n) is 23.0. The maximum absolute atomic E-state index is 13.1. The Labute approximate surface area is 244 Å². The molecule has 11 heteroatoms. The first-order chi connectivity index (χ1) is 20.8. The topological polar surface area (TPSA) is 97.9 Å². The molecule has 0 amide bonds. The molecule has 2 bridgehead atoms. The number of pyridine rings is 1. The minimum absolute atomic E-state index is 0.0216. The highest BCUT2D eigenvalue weighted by atomic mass is 19.4. The minimum atomic E-state index is -4.83. The fourth-order valence-corrected chi connectivity index (χ4v) is 7.46. The van der Waals surface area contributed by atoms with Crippen LogP contribution in [0.5, 0.6) is 5.75 Å². The van der Waals surface area contributed by atoms with Crippen molar-refractivity contribution >= 4 is 22.7 Å². The SMILES string of the molecule is O=C(O)c1cccc2nc(N3C4CCC3C3C(C4)[C@@H]3OCc3c(-c4ccccc4OC(F)(F)F)noc3C3CC3)ccc12. The van der Waals surface area contributed by atoms with Gasteiger partial charge in [-0.05, 0) is 74.4 Å². The highest BCUT2D eigenvalue weighted by Crippen LogP contribution is 2.59. The molecule has 2 aromatic carbocycles. The number of carbonyl (C=O) groups is 1. The number of nitrogens with zero attached hydrogens (tertiary/aromatic N) is 3. The predicted octanol–water partition coefficient (Wildman–Crippen LogP) is 6.94. The van der Waals surface area contributed by atoms with Crippen molar-refractivity contribution in [3.63, 3.8) is 0 Å². The molecule has 2 aromatic heterocycles. The van der Waals surface area contributed by atoms with Crippen LogP contribution in [0.2, 0.25) is 0 Å². The number of benzene rings is 2. The number of aromatic carboxylic acids is 1. The number of ether oxygens (including phenoxy) is 2. The van der Waals surface area contributed by atoms with E-state index in [1.54, 1.807) is 24.3 Å². The first kappa shape index (κ1) is 26.5. The van der Waals surface area contributed by atoms with Gasteiger partial charge in [0.2, 0.25) is 0 Å². The van der Waals surface area contributed by atoms with Crippen molar-refractivity contribution in [1.29, 1.82) is 0 Å². The van der Waals surface area contributed by atoms with E-state index in [4.69, 9.17) is 14.2 Å². The van der Waals surface area contributed by atoms with Gasteiger partial charge in [-0.1, -0.05) is 23.4 Å². The number of hydrogen-bond donors (Lipinski definition) is 1.